The van der Waals surface area contributed by atoms with Crippen LogP contribution in [0.3, 0.4) is 0 Å². The molecule has 1 atom stereocenters. The summed E-state index contributed by atoms with van der Waals surface area (Å²) in [7, 11) is 1.74. The number of ketones is 1. The largest absolute Gasteiger partial charge is 0.329 e. The molecule has 0 aliphatic heterocycles. The lowest BCUT2D eigenvalue weighted by atomic mass is 10.0. The van der Waals surface area contributed by atoms with Crippen molar-refractivity contribution in [3.05, 3.63) is 69.6 Å². The number of hydrogen-bond acceptors (Lipinski definition) is 2. The number of Topliss-reactive ketones (excluding diaryl/α,β-unsaturated/α-hetero) is 1. The topological polar surface area (TPSA) is 44.0 Å². The average molecular weight is 401 g/mol. The first kappa shape index (κ1) is 17.7. The van der Waals surface area contributed by atoms with Crippen molar-refractivity contribution in [1.29, 1.82) is 0 Å². The molecule has 130 valence electrons. The lowest BCUT2D eigenvalue weighted by Gasteiger charge is -2.11. The van der Waals surface area contributed by atoms with Gasteiger partial charge >= 0.3 is 5.69 Å². The number of carbonyl (C=O) groups is 1. The van der Waals surface area contributed by atoms with E-state index in [-0.39, 0.29) is 17.5 Å². The smallest absolute Gasteiger partial charge is 0.295 e. The summed E-state index contributed by atoms with van der Waals surface area (Å²) in [4.78, 5) is 24.9. The molecule has 0 saturated carbocycles. The number of rotatable bonds is 4. The predicted octanol–water partition coefficient (Wildman–Crippen LogP) is 4.55. The van der Waals surface area contributed by atoms with E-state index in [2.05, 4.69) is 15.9 Å². The Bertz CT molecular complexity index is 1010. The Morgan fingerprint density at radius 3 is 2.44 bits per heavy atom. The van der Waals surface area contributed by atoms with Crippen LogP contribution in [0, 0.1) is 6.92 Å². The van der Waals surface area contributed by atoms with E-state index in [1.54, 1.807) is 22.2 Å². The van der Waals surface area contributed by atoms with Crippen molar-refractivity contribution in [3.8, 4) is 0 Å². The van der Waals surface area contributed by atoms with E-state index < -0.39 is 4.83 Å². The van der Waals surface area contributed by atoms with Crippen molar-refractivity contribution in [2.75, 3.05) is 0 Å². The first-order chi connectivity index (χ1) is 11.8. The Labute approximate surface area is 155 Å². The van der Waals surface area contributed by atoms with Gasteiger partial charge in [-0.05, 0) is 44.5 Å². The molecule has 25 heavy (non-hydrogen) atoms. The second kappa shape index (κ2) is 6.64. The molecule has 2 aromatic carbocycles. The maximum atomic E-state index is 12.9. The van der Waals surface area contributed by atoms with Crippen LogP contribution in [-0.2, 0) is 7.05 Å². The van der Waals surface area contributed by atoms with Gasteiger partial charge < -0.3 is 0 Å². The summed E-state index contributed by atoms with van der Waals surface area (Å²) < 4.78 is 3.35. The third-order valence-electron chi connectivity index (χ3n) is 4.46. The van der Waals surface area contributed by atoms with Crippen LogP contribution >= 0.6 is 15.9 Å². The minimum atomic E-state index is -0.408. The molecule has 4 nitrogen and oxygen atoms in total. The van der Waals surface area contributed by atoms with Gasteiger partial charge in [-0.15, -0.1) is 0 Å². The van der Waals surface area contributed by atoms with Gasteiger partial charge in [0.2, 0.25) is 0 Å². The van der Waals surface area contributed by atoms with E-state index in [0.717, 1.165) is 22.2 Å². The normalized spacial score (nSPS) is 12.7. The number of fused-ring (bicyclic) bond motifs is 1. The van der Waals surface area contributed by atoms with Gasteiger partial charge in [-0.2, -0.15) is 0 Å². The third-order valence-corrected chi connectivity index (χ3v) is 5.40. The van der Waals surface area contributed by atoms with E-state index in [0.29, 0.717) is 5.56 Å². The number of nitrogens with zero attached hydrogens (tertiary/aromatic N) is 2. The fraction of sp³-hybridized carbons (Fsp3) is 0.300. The fourth-order valence-corrected chi connectivity index (χ4v) is 3.69. The van der Waals surface area contributed by atoms with Crippen LogP contribution in [0.15, 0.2) is 47.3 Å². The second-order valence-electron chi connectivity index (χ2n) is 6.65. The van der Waals surface area contributed by atoms with Gasteiger partial charge in [0.15, 0.2) is 5.78 Å². The van der Waals surface area contributed by atoms with Gasteiger partial charge in [-0.25, -0.2) is 4.79 Å². The number of alkyl halides is 1. The standard InChI is InChI=1S/C20H21BrN2O2/c1-12(2)23-16-9-8-15(11-17(16)22(4)20(23)25)19(24)18(21)14-7-5-6-13(3)10-14/h5-12,18H,1-4H3. The van der Waals surface area contributed by atoms with E-state index >= 15 is 0 Å². The number of halogens is 1. The molecule has 1 heterocycles. The lowest BCUT2D eigenvalue weighted by Crippen LogP contribution is -2.23. The first-order valence-electron chi connectivity index (χ1n) is 8.27. The zero-order chi connectivity index (χ0) is 18.3. The Balaban J connectivity index is 2.06. The molecule has 0 spiro atoms. The molecule has 0 aliphatic rings. The van der Waals surface area contributed by atoms with Crippen molar-refractivity contribution >= 4 is 32.7 Å². The van der Waals surface area contributed by atoms with Crippen LogP contribution in [0.2, 0.25) is 0 Å². The molecular weight excluding hydrogens is 380 g/mol. The Kier molecular flexibility index (Phi) is 4.69. The Hall–Kier alpha value is -2.14. The molecular formula is C20H21BrN2O2. The molecule has 0 N–H and O–H groups in total. The van der Waals surface area contributed by atoms with Crippen molar-refractivity contribution in [2.45, 2.75) is 31.6 Å². The summed E-state index contributed by atoms with van der Waals surface area (Å²) in [5.74, 6) is -0.0164. The SMILES string of the molecule is Cc1cccc(C(Br)C(=O)c2ccc3c(c2)n(C)c(=O)n3C(C)C)c1. The second-order valence-corrected chi connectivity index (χ2v) is 7.57. The van der Waals surface area contributed by atoms with Crippen LogP contribution < -0.4 is 5.69 Å². The van der Waals surface area contributed by atoms with Gasteiger partial charge in [-0.3, -0.25) is 13.9 Å². The van der Waals surface area contributed by atoms with Gasteiger partial charge in [-0.1, -0.05) is 45.8 Å². The van der Waals surface area contributed by atoms with Crippen molar-refractivity contribution < 1.29 is 4.79 Å². The minimum Gasteiger partial charge on any atom is -0.295 e. The quantitative estimate of drug-likeness (QED) is 0.476. The predicted molar refractivity (Wildman–Crippen MR) is 105 cm³/mol. The Morgan fingerprint density at radius 2 is 1.80 bits per heavy atom. The van der Waals surface area contributed by atoms with Gasteiger partial charge in [0.25, 0.3) is 0 Å². The van der Waals surface area contributed by atoms with E-state index in [1.807, 2.05) is 57.2 Å². The number of carbonyl (C=O) groups excluding carboxylic acids is 1. The highest BCUT2D eigenvalue weighted by Gasteiger charge is 2.21. The fourth-order valence-electron chi connectivity index (χ4n) is 3.14. The maximum Gasteiger partial charge on any atom is 0.329 e. The zero-order valence-corrected chi connectivity index (χ0v) is 16.4. The summed E-state index contributed by atoms with van der Waals surface area (Å²) in [6, 6.07) is 13.4. The first-order valence-corrected chi connectivity index (χ1v) is 9.18. The van der Waals surface area contributed by atoms with Crippen LogP contribution in [0.25, 0.3) is 11.0 Å². The summed E-state index contributed by atoms with van der Waals surface area (Å²) in [5.41, 5.74) is 4.19. The van der Waals surface area contributed by atoms with Crippen molar-refractivity contribution in [3.63, 3.8) is 0 Å². The van der Waals surface area contributed by atoms with Crippen LogP contribution in [0.5, 0.6) is 0 Å². The zero-order valence-electron chi connectivity index (χ0n) is 14.8. The van der Waals surface area contributed by atoms with E-state index in [1.165, 1.54) is 0 Å². The highest BCUT2D eigenvalue weighted by Crippen LogP contribution is 2.29. The summed E-state index contributed by atoms with van der Waals surface area (Å²) in [6.07, 6.45) is 0. The number of aryl methyl sites for hydroxylation is 2. The van der Waals surface area contributed by atoms with E-state index in [4.69, 9.17) is 0 Å². The molecule has 0 saturated heterocycles. The van der Waals surface area contributed by atoms with E-state index in [9.17, 15) is 9.59 Å². The van der Waals surface area contributed by atoms with Gasteiger partial charge in [0, 0.05) is 18.7 Å². The number of aromatic nitrogens is 2. The molecule has 0 bridgehead atoms. The molecule has 3 aromatic rings. The Morgan fingerprint density at radius 1 is 1.08 bits per heavy atom. The molecule has 1 unspecified atom stereocenters. The average Bonchev–Trinajstić information content (AvgIpc) is 2.84. The number of benzene rings is 2. The van der Waals surface area contributed by atoms with Crippen molar-refractivity contribution in [2.24, 2.45) is 7.05 Å². The minimum absolute atomic E-state index is 0.0164. The summed E-state index contributed by atoms with van der Waals surface area (Å²) >= 11 is 3.52. The molecule has 5 heteroatoms. The lowest BCUT2D eigenvalue weighted by molar-refractivity contribution is 0.0991. The monoisotopic (exact) mass is 400 g/mol. The number of hydrogen-bond donors (Lipinski definition) is 0. The van der Waals surface area contributed by atoms with Crippen LogP contribution in [0.1, 0.15) is 46.2 Å². The van der Waals surface area contributed by atoms with Crippen LogP contribution in [-0.4, -0.2) is 14.9 Å². The third kappa shape index (κ3) is 3.09. The molecule has 0 fully saturated rings. The van der Waals surface area contributed by atoms with Gasteiger partial charge in [0.05, 0.1) is 11.0 Å². The number of imidazole rings is 1. The summed E-state index contributed by atoms with van der Waals surface area (Å²) in [6.45, 7) is 5.96. The maximum absolute atomic E-state index is 12.9. The highest BCUT2D eigenvalue weighted by molar-refractivity contribution is 9.09. The molecule has 0 radical (unpaired) electrons. The molecule has 3 rings (SSSR count). The molecule has 1 aromatic heterocycles. The van der Waals surface area contributed by atoms with Crippen molar-refractivity contribution in [1.82, 2.24) is 9.13 Å². The molecule has 0 aliphatic carbocycles. The van der Waals surface area contributed by atoms with Gasteiger partial charge in [0.1, 0.15) is 4.83 Å². The molecule has 0 amide bonds. The highest BCUT2D eigenvalue weighted by atomic mass is 79.9. The van der Waals surface area contributed by atoms with Crippen LogP contribution in [0.4, 0.5) is 0 Å². The summed E-state index contributed by atoms with van der Waals surface area (Å²) in [5, 5.41) is 0.